The van der Waals surface area contributed by atoms with Crippen LogP contribution in [0.4, 0.5) is 0 Å². The first-order valence-corrected chi connectivity index (χ1v) is 9.55. The molecule has 0 spiro atoms. The first kappa shape index (κ1) is 22.1. The molecule has 12 heteroatoms. The maximum atomic E-state index is 12.8. The molecule has 0 radical (unpaired) electrons. The van der Waals surface area contributed by atoms with E-state index < -0.39 is 35.0 Å². The second-order valence-electron chi connectivity index (χ2n) is 5.80. The lowest BCUT2D eigenvalue weighted by molar-refractivity contribution is -0.144. The van der Waals surface area contributed by atoms with Crippen molar-refractivity contribution in [2.24, 2.45) is 0 Å². The number of hydrogen-bond donors (Lipinski definition) is 1. The van der Waals surface area contributed by atoms with Crippen LogP contribution in [0.5, 0.6) is 0 Å². The highest BCUT2D eigenvalue weighted by Crippen LogP contribution is 2.26. The van der Waals surface area contributed by atoms with Crippen molar-refractivity contribution >= 4 is 29.6 Å². The Morgan fingerprint density at radius 1 is 1.14 bits per heavy atom. The van der Waals surface area contributed by atoms with Gasteiger partial charge in [0.1, 0.15) is 11.4 Å². The molecule has 1 amide bonds. The van der Waals surface area contributed by atoms with Crippen LogP contribution in [0.1, 0.15) is 18.7 Å². The van der Waals surface area contributed by atoms with E-state index in [4.69, 9.17) is 0 Å². The minimum Gasteiger partial charge on any atom is -0.469 e. The maximum Gasteiger partial charge on any atom is 0.369 e. The molecule has 1 aromatic heterocycles. The lowest BCUT2D eigenvalue weighted by atomic mass is 10.3. The van der Waals surface area contributed by atoms with Crippen LogP contribution in [-0.4, -0.2) is 63.7 Å². The number of carbonyl (C=O) groups excluding carboxylic acids is 3. The van der Waals surface area contributed by atoms with Crippen LogP contribution >= 0.6 is 11.8 Å². The van der Waals surface area contributed by atoms with Crippen molar-refractivity contribution in [3.63, 3.8) is 0 Å². The predicted molar refractivity (Wildman–Crippen MR) is 103 cm³/mol. The van der Waals surface area contributed by atoms with E-state index in [-0.39, 0.29) is 12.2 Å². The quantitative estimate of drug-likeness (QED) is 0.549. The number of methoxy groups -OCH3 is 2. The molecule has 0 saturated carbocycles. The summed E-state index contributed by atoms with van der Waals surface area (Å²) in [7, 11) is 2.42. The molecule has 11 nitrogen and oxygen atoms in total. The molecular formula is C17H21N5O6S. The second kappa shape index (κ2) is 10.4. The van der Waals surface area contributed by atoms with Gasteiger partial charge in [-0.3, -0.25) is 9.59 Å². The third-order valence-electron chi connectivity index (χ3n) is 3.76. The Labute approximate surface area is 170 Å². The van der Waals surface area contributed by atoms with Crippen molar-refractivity contribution in [1.29, 1.82) is 0 Å². The Bertz CT molecular complexity index is 913. The van der Waals surface area contributed by atoms with Crippen molar-refractivity contribution in [2.45, 2.75) is 24.8 Å². The van der Waals surface area contributed by atoms with Crippen molar-refractivity contribution < 1.29 is 23.9 Å². The van der Waals surface area contributed by atoms with Gasteiger partial charge in [0.2, 0.25) is 5.91 Å². The van der Waals surface area contributed by atoms with E-state index in [9.17, 15) is 19.2 Å². The number of nitrogens with one attached hydrogen (secondary N) is 1. The summed E-state index contributed by atoms with van der Waals surface area (Å²) in [4.78, 5) is 47.8. The number of ether oxygens (including phenoxy) is 2. The number of nitrogens with zero attached hydrogens (tertiary/aromatic N) is 4. The summed E-state index contributed by atoms with van der Waals surface area (Å²) in [5.74, 6) is -1.60. The molecule has 0 saturated heterocycles. The molecule has 29 heavy (non-hydrogen) atoms. The first-order chi connectivity index (χ1) is 13.9. The third-order valence-corrected chi connectivity index (χ3v) is 5.04. The van der Waals surface area contributed by atoms with Crippen LogP contribution in [0.15, 0.2) is 35.1 Å². The summed E-state index contributed by atoms with van der Waals surface area (Å²) >= 11 is 1.07. The molecule has 1 aromatic carbocycles. The van der Waals surface area contributed by atoms with Gasteiger partial charge in [-0.25, -0.2) is 9.59 Å². The largest absolute Gasteiger partial charge is 0.469 e. The van der Waals surface area contributed by atoms with Crippen molar-refractivity contribution in [3.05, 3.63) is 40.8 Å². The Morgan fingerprint density at radius 3 is 2.41 bits per heavy atom. The number of aromatic nitrogens is 4. The lowest BCUT2D eigenvalue weighted by Gasteiger charge is -2.19. The summed E-state index contributed by atoms with van der Waals surface area (Å²) in [6, 6.07) is 7.71. The van der Waals surface area contributed by atoms with E-state index in [1.54, 1.807) is 30.3 Å². The van der Waals surface area contributed by atoms with Gasteiger partial charge in [-0.05, 0) is 22.6 Å². The van der Waals surface area contributed by atoms with Gasteiger partial charge in [0.05, 0.1) is 26.3 Å². The van der Waals surface area contributed by atoms with Gasteiger partial charge in [0, 0.05) is 12.7 Å². The summed E-state index contributed by atoms with van der Waals surface area (Å²) in [5, 5.41) is 9.39. The lowest BCUT2D eigenvalue weighted by Crippen LogP contribution is -2.42. The number of amides is 1. The molecule has 2 rings (SSSR count). The van der Waals surface area contributed by atoms with Crippen LogP contribution < -0.4 is 11.0 Å². The predicted octanol–water partition coefficient (Wildman–Crippen LogP) is -0.0984. The number of hydrogen-bond acceptors (Lipinski definition) is 9. The average molecular weight is 423 g/mol. The van der Waals surface area contributed by atoms with E-state index in [2.05, 4.69) is 25.2 Å². The van der Waals surface area contributed by atoms with Gasteiger partial charge in [-0.1, -0.05) is 18.2 Å². The Hall–Kier alpha value is -3.15. The molecule has 0 aliphatic rings. The number of rotatable bonds is 9. The summed E-state index contributed by atoms with van der Waals surface area (Å²) < 4.78 is 11.5. The minimum atomic E-state index is -0.956. The molecule has 0 fully saturated rings. The molecule has 2 aromatic rings. The number of benzene rings is 1. The number of esters is 2. The van der Waals surface area contributed by atoms with Crippen molar-refractivity contribution in [2.75, 3.05) is 20.0 Å². The maximum absolute atomic E-state index is 12.8. The van der Waals surface area contributed by atoms with Gasteiger partial charge in [-0.15, -0.1) is 11.8 Å². The monoisotopic (exact) mass is 423 g/mol. The third kappa shape index (κ3) is 5.91. The molecule has 0 aliphatic carbocycles. The highest BCUT2D eigenvalue weighted by atomic mass is 32.2. The Morgan fingerprint density at radius 2 is 1.83 bits per heavy atom. The molecule has 0 bridgehead atoms. The number of tetrazole rings is 1. The highest BCUT2D eigenvalue weighted by Gasteiger charge is 2.27. The molecule has 1 unspecified atom stereocenters. The second-order valence-corrected chi connectivity index (χ2v) is 7.01. The highest BCUT2D eigenvalue weighted by molar-refractivity contribution is 7.99. The Balaban J connectivity index is 2.28. The van der Waals surface area contributed by atoms with Crippen molar-refractivity contribution in [1.82, 2.24) is 25.1 Å². The van der Waals surface area contributed by atoms with E-state index in [1.165, 1.54) is 21.1 Å². The fourth-order valence-electron chi connectivity index (χ4n) is 2.37. The summed E-state index contributed by atoms with van der Waals surface area (Å²) in [5.41, 5.74) is -0.0528. The molecule has 0 aliphatic heterocycles. The van der Waals surface area contributed by atoms with Gasteiger partial charge in [0.25, 0.3) is 0 Å². The zero-order valence-corrected chi connectivity index (χ0v) is 16.9. The fourth-order valence-corrected chi connectivity index (χ4v) is 3.54. The van der Waals surface area contributed by atoms with Gasteiger partial charge in [0.15, 0.2) is 0 Å². The van der Waals surface area contributed by atoms with Crippen LogP contribution in [0.3, 0.4) is 0 Å². The van der Waals surface area contributed by atoms with Gasteiger partial charge in [-0.2, -0.15) is 9.36 Å². The molecule has 1 heterocycles. The van der Waals surface area contributed by atoms with E-state index >= 15 is 0 Å². The average Bonchev–Trinajstić information content (AvgIpc) is 3.10. The van der Waals surface area contributed by atoms with E-state index in [1.807, 2.05) is 0 Å². The van der Waals surface area contributed by atoms with Crippen LogP contribution in [-0.2, 0) is 23.9 Å². The van der Waals surface area contributed by atoms with E-state index in [0.29, 0.717) is 5.69 Å². The van der Waals surface area contributed by atoms with Gasteiger partial charge < -0.3 is 14.8 Å². The minimum absolute atomic E-state index is 0.0402. The molecule has 156 valence electrons. The topological polar surface area (TPSA) is 134 Å². The van der Waals surface area contributed by atoms with Crippen LogP contribution in [0.2, 0.25) is 0 Å². The van der Waals surface area contributed by atoms with Crippen molar-refractivity contribution in [3.8, 4) is 5.69 Å². The fraction of sp³-hybridized carbons (Fsp3) is 0.412. The number of para-hydroxylation sites is 1. The standard InChI is InChI=1S/C17H21N5O6S/c1-11(23)18-13(16(25)28-3)10-29-14(9-15(24)27-2)22-17(26)21(19-20-22)12-7-5-4-6-8-12/h4-8,13-14H,9-10H2,1-3H3,(H,18,23)/t13-,14?/m0/s1. The number of carbonyl (C=O) groups is 3. The zero-order chi connectivity index (χ0) is 21.4. The van der Waals surface area contributed by atoms with Gasteiger partial charge >= 0.3 is 17.6 Å². The summed E-state index contributed by atoms with van der Waals surface area (Å²) in [6.45, 7) is 1.27. The smallest absolute Gasteiger partial charge is 0.369 e. The first-order valence-electron chi connectivity index (χ1n) is 8.50. The normalized spacial score (nSPS) is 12.7. The molecule has 2 atom stereocenters. The molecular weight excluding hydrogens is 402 g/mol. The Kier molecular flexibility index (Phi) is 7.95. The number of thioether (sulfide) groups is 1. The SMILES string of the molecule is COC(=O)CC(SC[C@H](NC(C)=O)C(=O)OC)n1nnn(-c2ccccc2)c1=O. The zero-order valence-electron chi connectivity index (χ0n) is 16.1. The van der Waals surface area contributed by atoms with E-state index in [0.717, 1.165) is 21.1 Å². The van der Waals surface area contributed by atoms with Crippen LogP contribution in [0, 0.1) is 0 Å². The summed E-state index contributed by atoms with van der Waals surface area (Å²) in [6.07, 6.45) is -0.192. The van der Waals surface area contributed by atoms with Crippen LogP contribution in [0.25, 0.3) is 5.69 Å². The molecule has 1 N–H and O–H groups in total.